The molecule has 2 rings (SSSR count). The monoisotopic (exact) mass is 181 g/mol. The summed E-state index contributed by atoms with van der Waals surface area (Å²) >= 11 is 0. The van der Waals surface area contributed by atoms with Gasteiger partial charge in [0.25, 0.3) is 0 Å². The Morgan fingerprint density at radius 1 is 1.23 bits per heavy atom. The van der Waals surface area contributed by atoms with Crippen LogP contribution in [-0.2, 0) is 4.79 Å². The molecule has 1 aliphatic carbocycles. The molecule has 2 fully saturated rings. The standard InChI is InChI=1S/C11H19NO/c13-11(10-3-1-2-4-10)7-9-5-6-12-8-9/h9-10,12H,1-8H2. The van der Waals surface area contributed by atoms with Crippen LogP contribution in [0.5, 0.6) is 0 Å². The van der Waals surface area contributed by atoms with Crippen molar-refractivity contribution in [3.05, 3.63) is 0 Å². The number of hydrogen-bond donors (Lipinski definition) is 1. The summed E-state index contributed by atoms with van der Waals surface area (Å²) in [6.07, 6.45) is 6.94. The molecule has 1 saturated heterocycles. The van der Waals surface area contributed by atoms with E-state index in [-0.39, 0.29) is 0 Å². The molecule has 1 unspecified atom stereocenters. The van der Waals surface area contributed by atoms with E-state index in [1.54, 1.807) is 0 Å². The molecule has 0 spiro atoms. The lowest BCUT2D eigenvalue weighted by molar-refractivity contribution is -0.123. The Morgan fingerprint density at radius 3 is 2.62 bits per heavy atom. The van der Waals surface area contributed by atoms with Crippen LogP contribution in [0.25, 0.3) is 0 Å². The number of carbonyl (C=O) groups excluding carboxylic acids is 1. The highest BCUT2D eigenvalue weighted by Gasteiger charge is 2.26. The molecule has 1 N–H and O–H groups in total. The van der Waals surface area contributed by atoms with Crippen LogP contribution in [0.15, 0.2) is 0 Å². The zero-order valence-corrected chi connectivity index (χ0v) is 8.22. The van der Waals surface area contributed by atoms with Gasteiger partial charge in [-0.3, -0.25) is 4.79 Å². The van der Waals surface area contributed by atoms with Crippen molar-refractivity contribution in [2.24, 2.45) is 11.8 Å². The lowest BCUT2D eigenvalue weighted by atomic mass is 9.93. The molecule has 0 bridgehead atoms. The van der Waals surface area contributed by atoms with E-state index in [9.17, 15) is 4.79 Å². The van der Waals surface area contributed by atoms with Gasteiger partial charge in [0, 0.05) is 12.3 Å². The molecule has 0 amide bonds. The van der Waals surface area contributed by atoms with Gasteiger partial charge in [0.2, 0.25) is 0 Å². The number of carbonyl (C=O) groups is 1. The predicted octanol–water partition coefficient (Wildman–Crippen LogP) is 1.75. The first kappa shape index (κ1) is 9.20. The molecular weight excluding hydrogens is 162 g/mol. The molecule has 0 aromatic carbocycles. The summed E-state index contributed by atoms with van der Waals surface area (Å²) in [5, 5.41) is 3.32. The Morgan fingerprint density at radius 2 is 2.00 bits per heavy atom. The van der Waals surface area contributed by atoms with Gasteiger partial charge >= 0.3 is 0 Å². The van der Waals surface area contributed by atoms with Crippen molar-refractivity contribution in [3.8, 4) is 0 Å². The van der Waals surface area contributed by atoms with Gasteiger partial charge in [-0.15, -0.1) is 0 Å². The first-order valence-corrected chi connectivity index (χ1v) is 5.59. The minimum atomic E-state index is 0.431. The molecular formula is C11H19NO. The second kappa shape index (κ2) is 4.23. The maximum Gasteiger partial charge on any atom is 0.136 e. The first-order valence-electron chi connectivity index (χ1n) is 5.59. The summed E-state index contributed by atoms with van der Waals surface area (Å²) in [5.74, 6) is 1.62. The van der Waals surface area contributed by atoms with E-state index in [4.69, 9.17) is 0 Å². The Bertz CT molecular complexity index is 179. The summed E-state index contributed by atoms with van der Waals surface area (Å²) in [4.78, 5) is 11.8. The van der Waals surface area contributed by atoms with Crippen molar-refractivity contribution in [2.45, 2.75) is 38.5 Å². The highest BCUT2D eigenvalue weighted by atomic mass is 16.1. The lowest BCUT2D eigenvalue weighted by Gasteiger charge is -2.11. The van der Waals surface area contributed by atoms with Gasteiger partial charge in [0.1, 0.15) is 5.78 Å². The summed E-state index contributed by atoms with van der Waals surface area (Å²) in [6.45, 7) is 2.18. The molecule has 13 heavy (non-hydrogen) atoms. The SMILES string of the molecule is O=C(CC1CCNC1)C1CCCC1. The van der Waals surface area contributed by atoms with Crippen LogP contribution >= 0.6 is 0 Å². The Kier molecular flexibility index (Phi) is 2.99. The van der Waals surface area contributed by atoms with Gasteiger partial charge in [-0.1, -0.05) is 12.8 Å². The second-order valence-corrected chi connectivity index (χ2v) is 4.51. The fourth-order valence-electron chi connectivity index (χ4n) is 2.59. The van der Waals surface area contributed by atoms with Gasteiger partial charge in [0.05, 0.1) is 0 Å². The maximum absolute atomic E-state index is 11.8. The molecule has 0 aromatic rings. The number of Topliss-reactive ketones (excluding diaryl/α,β-unsaturated/α-hetero) is 1. The van der Waals surface area contributed by atoms with Crippen LogP contribution in [0.1, 0.15) is 38.5 Å². The zero-order valence-electron chi connectivity index (χ0n) is 8.22. The van der Waals surface area contributed by atoms with E-state index >= 15 is 0 Å². The van der Waals surface area contributed by atoms with Crippen molar-refractivity contribution < 1.29 is 4.79 Å². The minimum absolute atomic E-state index is 0.431. The predicted molar refractivity (Wildman–Crippen MR) is 52.6 cm³/mol. The smallest absolute Gasteiger partial charge is 0.136 e. The number of rotatable bonds is 3. The Balaban J connectivity index is 1.76. The minimum Gasteiger partial charge on any atom is -0.316 e. The van der Waals surface area contributed by atoms with E-state index in [2.05, 4.69) is 5.32 Å². The highest BCUT2D eigenvalue weighted by molar-refractivity contribution is 5.81. The lowest BCUT2D eigenvalue weighted by Crippen LogP contribution is -2.17. The Hall–Kier alpha value is -0.370. The number of ketones is 1. The van der Waals surface area contributed by atoms with Gasteiger partial charge < -0.3 is 5.32 Å². The normalized spacial score (nSPS) is 29.7. The van der Waals surface area contributed by atoms with E-state index in [1.165, 1.54) is 32.1 Å². The van der Waals surface area contributed by atoms with E-state index < -0.39 is 0 Å². The van der Waals surface area contributed by atoms with Crippen LogP contribution in [0.4, 0.5) is 0 Å². The first-order chi connectivity index (χ1) is 6.36. The molecule has 0 aromatic heterocycles. The average molecular weight is 181 g/mol. The number of hydrogen-bond acceptors (Lipinski definition) is 2. The van der Waals surface area contributed by atoms with Gasteiger partial charge in [-0.25, -0.2) is 0 Å². The van der Waals surface area contributed by atoms with Crippen molar-refractivity contribution in [2.75, 3.05) is 13.1 Å². The molecule has 1 saturated carbocycles. The fraction of sp³-hybridized carbons (Fsp3) is 0.909. The van der Waals surface area contributed by atoms with E-state index in [0.29, 0.717) is 17.6 Å². The van der Waals surface area contributed by atoms with Gasteiger partial charge in [0.15, 0.2) is 0 Å². The maximum atomic E-state index is 11.8. The third kappa shape index (κ3) is 2.31. The van der Waals surface area contributed by atoms with E-state index in [0.717, 1.165) is 19.5 Å². The third-order valence-electron chi connectivity index (χ3n) is 3.46. The third-order valence-corrected chi connectivity index (χ3v) is 3.46. The van der Waals surface area contributed by atoms with Crippen molar-refractivity contribution in [1.82, 2.24) is 5.32 Å². The van der Waals surface area contributed by atoms with Gasteiger partial charge in [-0.05, 0) is 38.3 Å². The van der Waals surface area contributed by atoms with Gasteiger partial charge in [-0.2, -0.15) is 0 Å². The van der Waals surface area contributed by atoms with Crippen LogP contribution in [-0.4, -0.2) is 18.9 Å². The van der Waals surface area contributed by atoms with E-state index in [1.807, 2.05) is 0 Å². The Labute approximate surface area is 80.1 Å². The molecule has 2 heteroatoms. The van der Waals surface area contributed by atoms with Crippen LogP contribution in [0.2, 0.25) is 0 Å². The van der Waals surface area contributed by atoms with Crippen molar-refractivity contribution in [1.29, 1.82) is 0 Å². The molecule has 1 heterocycles. The second-order valence-electron chi connectivity index (χ2n) is 4.51. The largest absolute Gasteiger partial charge is 0.316 e. The topological polar surface area (TPSA) is 29.1 Å². The average Bonchev–Trinajstić information content (AvgIpc) is 2.74. The summed E-state index contributed by atoms with van der Waals surface area (Å²) in [6, 6.07) is 0. The van der Waals surface area contributed by atoms with Crippen molar-refractivity contribution >= 4 is 5.78 Å². The summed E-state index contributed by atoms with van der Waals surface area (Å²) in [5.41, 5.74) is 0. The van der Waals surface area contributed by atoms with Crippen LogP contribution < -0.4 is 5.32 Å². The molecule has 0 radical (unpaired) electrons. The van der Waals surface area contributed by atoms with Crippen LogP contribution in [0.3, 0.4) is 0 Å². The zero-order chi connectivity index (χ0) is 9.10. The highest BCUT2D eigenvalue weighted by Crippen LogP contribution is 2.28. The molecule has 2 nitrogen and oxygen atoms in total. The quantitative estimate of drug-likeness (QED) is 0.718. The van der Waals surface area contributed by atoms with Crippen molar-refractivity contribution in [3.63, 3.8) is 0 Å². The molecule has 2 aliphatic rings. The number of nitrogens with one attached hydrogen (secondary N) is 1. The summed E-state index contributed by atoms with van der Waals surface area (Å²) < 4.78 is 0. The molecule has 1 aliphatic heterocycles. The molecule has 1 atom stereocenters. The summed E-state index contributed by atoms with van der Waals surface area (Å²) in [7, 11) is 0. The fourth-order valence-corrected chi connectivity index (χ4v) is 2.59. The molecule has 74 valence electrons. The van der Waals surface area contributed by atoms with Crippen LogP contribution in [0, 0.1) is 11.8 Å².